The maximum absolute atomic E-state index is 12.2. The lowest BCUT2D eigenvalue weighted by Gasteiger charge is -2.08. The van der Waals surface area contributed by atoms with Crippen molar-refractivity contribution in [2.24, 2.45) is 25.6 Å². The first-order valence-corrected chi connectivity index (χ1v) is 10.7. The number of para-hydroxylation sites is 2. The molecule has 8 heteroatoms. The van der Waals surface area contributed by atoms with Gasteiger partial charge in [0.15, 0.2) is 0 Å². The van der Waals surface area contributed by atoms with E-state index in [9.17, 15) is 9.59 Å². The molecule has 0 aliphatic rings. The summed E-state index contributed by atoms with van der Waals surface area (Å²) in [6.45, 7) is 0. The number of aryl methyl sites for hydroxylation is 2. The van der Waals surface area contributed by atoms with Crippen LogP contribution in [0.25, 0.3) is 21.8 Å². The summed E-state index contributed by atoms with van der Waals surface area (Å²) in [5.74, 6) is -0.959. The quantitative estimate of drug-likeness (QED) is 0.491. The Labute approximate surface area is 169 Å². The lowest BCUT2D eigenvalue weighted by Crippen LogP contribution is -2.12. The van der Waals surface area contributed by atoms with Crippen molar-refractivity contribution in [2.75, 3.05) is 0 Å². The SMILES string of the molecule is Cn1c(SSc2c(C(N)=O)c3ccccc3n2C)c(C(N)=O)c2ccccc21. The fourth-order valence-corrected chi connectivity index (χ4v) is 6.30. The van der Waals surface area contributed by atoms with E-state index in [0.29, 0.717) is 11.1 Å². The van der Waals surface area contributed by atoms with E-state index in [-0.39, 0.29) is 0 Å². The molecule has 0 saturated carbocycles. The number of benzene rings is 2. The van der Waals surface area contributed by atoms with Crippen molar-refractivity contribution in [1.29, 1.82) is 0 Å². The first-order valence-electron chi connectivity index (χ1n) is 8.50. The van der Waals surface area contributed by atoms with E-state index < -0.39 is 11.8 Å². The lowest BCUT2D eigenvalue weighted by atomic mass is 10.2. The van der Waals surface area contributed by atoms with Crippen molar-refractivity contribution in [3.05, 3.63) is 59.7 Å². The van der Waals surface area contributed by atoms with Crippen LogP contribution in [0, 0.1) is 0 Å². The maximum atomic E-state index is 12.2. The van der Waals surface area contributed by atoms with Crippen molar-refractivity contribution in [2.45, 2.75) is 10.1 Å². The van der Waals surface area contributed by atoms with Gasteiger partial charge in [-0.3, -0.25) is 9.59 Å². The first kappa shape index (κ1) is 18.5. The van der Waals surface area contributed by atoms with Gasteiger partial charge in [-0.1, -0.05) is 36.4 Å². The van der Waals surface area contributed by atoms with Crippen LogP contribution in [-0.4, -0.2) is 20.9 Å². The Morgan fingerprint density at radius 3 is 1.43 bits per heavy atom. The van der Waals surface area contributed by atoms with Gasteiger partial charge in [0, 0.05) is 35.9 Å². The van der Waals surface area contributed by atoms with E-state index in [4.69, 9.17) is 11.5 Å². The van der Waals surface area contributed by atoms with Crippen LogP contribution in [0.15, 0.2) is 58.6 Å². The number of nitrogens with zero attached hydrogens (tertiary/aromatic N) is 2. The van der Waals surface area contributed by atoms with Crippen molar-refractivity contribution in [3.63, 3.8) is 0 Å². The van der Waals surface area contributed by atoms with Crippen LogP contribution in [0.1, 0.15) is 20.7 Å². The second-order valence-corrected chi connectivity index (χ2v) is 8.51. The number of amides is 2. The molecule has 2 amide bonds. The molecule has 0 spiro atoms. The molecule has 28 heavy (non-hydrogen) atoms. The molecule has 0 fully saturated rings. The summed E-state index contributed by atoms with van der Waals surface area (Å²) in [4.78, 5) is 24.3. The zero-order valence-corrected chi connectivity index (χ0v) is 16.9. The number of primary amides is 2. The zero-order valence-electron chi connectivity index (χ0n) is 15.3. The monoisotopic (exact) mass is 410 g/mol. The molecule has 142 valence electrons. The van der Waals surface area contributed by atoms with E-state index in [1.165, 1.54) is 21.6 Å². The summed E-state index contributed by atoms with van der Waals surface area (Å²) in [7, 11) is 6.58. The second-order valence-electron chi connectivity index (χ2n) is 6.41. The van der Waals surface area contributed by atoms with Crippen molar-refractivity contribution in [1.82, 2.24) is 9.13 Å². The third kappa shape index (κ3) is 2.76. The maximum Gasteiger partial charge on any atom is 0.252 e. The Kier molecular flexibility index (Phi) is 4.60. The van der Waals surface area contributed by atoms with Crippen molar-refractivity contribution < 1.29 is 9.59 Å². The molecule has 4 rings (SSSR count). The number of hydrogen-bond donors (Lipinski definition) is 2. The van der Waals surface area contributed by atoms with Crippen LogP contribution < -0.4 is 11.5 Å². The Morgan fingerprint density at radius 2 is 1.07 bits per heavy atom. The molecule has 0 aliphatic carbocycles. The van der Waals surface area contributed by atoms with Crippen LogP contribution in [0.2, 0.25) is 0 Å². The molecule has 4 aromatic rings. The standard InChI is InChI=1S/C20H18N4O2S2/c1-23-13-9-5-3-7-11(13)15(17(21)25)19(23)27-28-20-16(18(22)26)12-8-4-6-10-14(12)24(20)2/h3-10H,1-2H3,(H2,21,25)(H2,22,26). The Hall–Kier alpha value is -2.84. The highest BCUT2D eigenvalue weighted by atomic mass is 33.1. The second kappa shape index (κ2) is 6.96. The molecule has 6 nitrogen and oxygen atoms in total. The highest BCUT2D eigenvalue weighted by molar-refractivity contribution is 8.76. The normalized spacial score (nSPS) is 11.4. The van der Waals surface area contributed by atoms with Gasteiger partial charge in [-0.15, -0.1) is 0 Å². The summed E-state index contributed by atoms with van der Waals surface area (Å²) in [6.07, 6.45) is 0. The van der Waals surface area contributed by atoms with Crippen LogP contribution in [0.4, 0.5) is 0 Å². The number of carbonyl (C=O) groups is 2. The third-order valence-corrected chi connectivity index (χ3v) is 7.35. The molecular formula is C20H18N4O2S2. The van der Waals surface area contributed by atoms with Gasteiger partial charge < -0.3 is 20.6 Å². The average molecular weight is 411 g/mol. The fourth-order valence-electron chi connectivity index (χ4n) is 3.49. The van der Waals surface area contributed by atoms with Gasteiger partial charge in [0.2, 0.25) is 0 Å². The van der Waals surface area contributed by atoms with E-state index in [1.807, 2.05) is 71.8 Å². The molecule has 0 atom stereocenters. The first-order chi connectivity index (χ1) is 13.4. The van der Waals surface area contributed by atoms with Gasteiger partial charge in [-0.2, -0.15) is 0 Å². The summed E-state index contributed by atoms with van der Waals surface area (Å²) >= 11 is 0. The Morgan fingerprint density at radius 1 is 0.714 bits per heavy atom. The van der Waals surface area contributed by atoms with E-state index >= 15 is 0 Å². The number of fused-ring (bicyclic) bond motifs is 2. The Bertz CT molecular complexity index is 1160. The molecule has 2 heterocycles. The molecule has 0 radical (unpaired) electrons. The van der Waals surface area contributed by atoms with Crippen molar-refractivity contribution >= 4 is 55.2 Å². The van der Waals surface area contributed by atoms with Gasteiger partial charge in [-0.25, -0.2) is 0 Å². The topological polar surface area (TPSA) is 96.0 Å². The highest BCUT2D eigenvalue weighted by Crippen LogP contribution is 2.45. The number of rotatable bonds is 5. The molecule has 2 aromatic carbocycles. The van der Waals surface area contributed by atoms with Crippen LogP contribution >= 0.6 is 21.6 Å². The minimum Gasteiger partial charge on any atom is -0.365 e. The van der Waals surface area contributed by atoms with E-state index in [1.54, 1.807) is 0 Å². The summed E-state index contributed by atoms with van der Waals surface area (Å²) in [6, 6.07) is 15.3. The highest BCUT2D eigenvalue weighted by Gasteiger charge is 2.23. The van der Waals surface area contributed by atoms with Crippen molar-refractivity contribution in [3.8, 4) is 0 Å². The molecular weight excluding hydrogens is 392 g/mol. The van der Waals surface area contributed by atoms with Gasteiger partial charge in [0.25, 0.3) is 11.8 Å². The van der Waals surface area contributed by atoms with Gasteiger partial charge >= 0.3 is 0 Å². The summed E-state index contributed by atoms with van der Waals surface area (Å²) in [5, 5.41) is 3.10. The molecule has 4 N–H and O–H groups in total. The average Bonchev–Trinajstić information content (AvgIpc) is 3.12. The number of carbonyl (C=O) groups excluding carboxylic acids is 2. The molecule has 2 aromatic heterocycles. The van der Waals surface area contributed by atoms with Gasteiger partial charge in [0.05, 0.1) is 21.2 Å². The minimum atomic E-state index is -0.480. The third-order valence-electron chi connectivity index (χ3n) is 4.80. The molecule has 0 saturated heterocycles. The van der Waals surface area contributed by atoms with Gasteiger partial charge in [0.1, 0.15) is 0 Å². The van der Waals surface area contributed by atoms with Crippen LogP contribution in [0.3, 0.4) is 0 Å². The van der Waals surface area contributed by atoms with E-state index in [2.05, 4.69) is 0 Å². The van der Waals surface area contributed by atoms with E-state index in [0.717, 1.165) is 31.9 Å². The summed E-state index contributed by atoms with van der Waals surface area (Å²) in [5.41, 5.74) is 14.2. The minimum absolute atomic E-state index is 0.480. The lowest BCUT2D eigenvalue weighted by molar-refractivity contribution is 0.0990. The fraction of sp³-hybridized carbons (Fsp3) is 0.100. The zero-order chi connectivity index (χ0) is 20.0. The van der Waals surface area contributed by atoms with Crippen LogP contribution in [-0.2, 0) is 14.1 Å². The Balaban J connectivity index is 1.83. The number of nitrogens with two attached hydrogens (primary N) is 2. The predicted octanol–water partition coefficient (Wildman–Crippen LogP) is 3.67. The number of aromatic nitrogens is 2. The largest absolute Gasteiger partial charge is 0.365 e. The molecule has 0 bridgehead atoms. The molecule has 0 aliphatic heterocycles. The smallest absolute Gasteiger partial charge is 0.252 e. The number of hydrogen-bond acceptors (Lipinski definition) is 4. The van der Waals surface area contributed by atoms with Gasteiger partial charge in [-0.05, 0) is 33.7 Å². The molecule has 0 unspecified atom stereocenters. The summed E-state index contributed by atoms with van der Waals surface area (Å²) < 4.78 is 3.89. The van der Waals surface area contributed by atoms with Crippen LogP contribution in [0.5, 0.6) is 0 Å². The predicted molar refractivity (Wildman–Crippen MR) is 115 cm³/mol.